The van der Waals surface area contributed by atoms with Gasteiger partial charge in [0, 0.05) is 73.4 Å². The monoisotopic (exact) mass is 1560 g/mol. The molecule has 1 aromatic heterocycles. The number of carboxylic acid groups (broad SMARTS) is 1. The fraction of sp³-hybridized carbons (Fsp3) is 0.473. The lowest BCUT2D eigenvalue weighted by molar-refractivity contribution is -0.142. The number of aromatic hydroxyl groups is 1. The molecular formula is C74H100N16O18S2. The Hall–Kier alpha value is -10.2. The van der Waals surface area contributed by atoms with E-state index in [2.05, 4.69) is 74.1 Å². The maximum absolute atomic E-state index is 15.4. The van der Waals surface area contributed by atoms with Crippen LogP contribution in [-0.4, -0.2) is 229 Å². The van der Waals surface area contributed by atoms with Crippen LogP contribution in [0.15, 0.2) is 109 Å². The number of aromatic amines is 1. The van der Waals surface area contributed by atoms with Crippen molar-refractivity contribution in [3.63, 3.8) is 0 Å². The predicted molar refractivity (Wildman–Crippen MR) is 408 cm³/mol. The van der Waals surface area contributed by atoms with Gasteiger partial charge in [-0.25, -0.2) is 4.79 Å². The first-order chi connectivity index (χ1) is 52.5. The fourth-order valence-corrected chi connectivity index (χ4v) is 14.2. The minimum atomic E-state index is -2.03. The molecule has 34 nitrogen and oxygen atoms in total. The minimum Gasteiger partial charge on any atom is -0.508 e. The van der Waals surface area contributed by atoms with Gasteiger partial charge in [-0.3, -0.25) is 57.5 Å². The maximum Gasteiger partial charge on any atom is 0.327 e. The number of carbonyl (C=O) groups excluding carboxylic acids is 12. The Bertz CT molecular complexity index is 3990. The minimum absolute atomic E-state index is 0.0633. The number of nitrogens with two attached hydrogens (primary N) is 2. The number of aliphatic hydroxyl groups excluding tert-OH is 3. The summed E-state index contributed by atoms with van der Waals surface area (Å²) in [4.78, 5) is 193. The second-order valence-corrected chi connectivity index (χ2v) is 29.9. The van der Waals surface area contributed by atoms with Gasteiger partial charge in [-0.2, -0.15) is 0 Å². The van der Waals surface area contributed by atoms with Crippen molar-refractivity contribution in [1.82, 2.24) is 74.1 Å². The third-order valence-electron chi connectivity index (χ3n) is 18.2. The van der Waals surface area contributed by atoms with Crippen molar-refractivity contribution in [2.24, 2.45) is 11.5 Å². The second-order valence-electron chi connectivity index (χ2n) is 27.3. The summed E-state index contributed by atoms with van der Waals surface area (Å²) in [6.45, 7) is 5.03. The number of carboxylic acids is 1. The number of H-pyrrole nitrogens is 1. The van der Waals surface area contributed by atoms with Crippen molar-refractivity contribution in [2.75, 3.05) is 31.2 Å². The lowest BCUT2D eigenvalue weighted by Gasteiger charge is -2.29. The van der Waals surface area contributed by atoms with Gasteiger partial charge in [-0.15, -0.1) is 0 Å². The zero-order valence-electron chi connectivity index (χ0n) is 61.4. The number of rotatable bonds is 21. The van der Waals surface area contributed by atoms with Gasteiger partial charge in [-0.05, 0) is 105 Å². The van der Waals surface area contributed by atoms with Gasteiger partial charge in [0.25, 0.3) is 0 Å². The topological polar surface area (TPSA) is 547 Å². The van der Waals surface area contributed by atoms with E-state index in [9.17, 15) is 63.9 Å². The van der Waals surface area contributed by atoms with E-state index in [0.29, 0.717) is 46.1 Å². The van der Waals surface area contributed by atoms with Crippen LogP contribution in [0.25, 0.3) is 10.9 Å². The van der Waals surface area contributed by atoms with Crippen molar-refractivity contribution in [3.05, 3.63) is 137 Å². The summed E-state index contributed by atoms with van der Waals surface area (Å²) in [6.07, 6.45) is -4.34. The van der Waals surface area contributed by atoms with Crippen molar-refractivity contribution in [3.8, 4) is 5.75 Å². The number of benzene rings is 4. The van der Waals surface area contributed by atoms with Crippen LogP contribution in [0.5, 0.6) is 5.75 Å². The summed E-state index contributed by atoms with van der Waals surface area (Å²) in [6, 6.07) is 7.71. The van der Waals surface area contributed by atoms with E-state index in [1.807, 2.05) is 13.8 Å². The molecule has 2 bridgehead atoms. The molecule has 0 aliphatic carbocycles. The number of para-hydroxylation sites is 1. The molecule has 4 aromatic carbocycles. The third kappa shape index (κ3) is 27.1. The molecule has 36 heteroatoms. The molecule has 0 unspecified atom stereocenters. The molecule has 596 valence electrons. The number of phenolic OH excluding ortho intramolecular Hbond substituents is 1. The Kier molecular flexibility index (Phi) is 34.2. The van der Waals surface area contributed by atoms with Crippen LogP contribution < -0.4 is 80.6 Å². The Morgan fingerprint density at radius 1 is 0.545 bits per heavy atom. The molecular weight excluding hydrogens is 1470 g/mol. The molecule has 23 N–H and O–H groups in total. The number of carbonyl (C=O) groups is 13. The van der Waals surface area contributed by atoms with Gasteiger partial charge < -0.3 is 111 Å². The normalized spacial score (nSPS) is 24.3. The molecule has 0 spiro atoms. The van der Waals surface area contributed by atoms with Crippen LogP contribution in [0.4, 0.5) is 0 Å². The van der Waals surface area contributed by atoms with E-state index < -0.39 is 200 Å². The first-order valence-electron chi connectivity index (χ1n) is 36.2. The van der Waals surface area contributed by atoms with Crippen LogP contribution in [0.1, 0.15) is 94.0 Å². The summed E-state index contributed by atoms with van der Waals surface area (Å²) in [5.41, 5.74) is 15.8. The SMILES string of the molecule is CC(C)NCc1ccc(C[C@@H]2NC(=O)[C@@H](Cc3c[nH]c4ccccc34)NC(=O)[C@H](Cc3ccccc3)NC(=O)[C@H]3CCC(=O)NCC[C@@H](NC(=O)[C@@H]([C@@H](C)O)NC2=O)C(=O)N[C@@H]([C@@H](C)O)C(=O)N[C@@H](CO)C(=O)N[C@H](C(=O)O)CSSC[C@H](NC(=O)[C@@H](N)Cc2ccc(O)cc2)C(=O)N[C@@H](CCCCN)C(=O)N3)cc1. The Morgan fingerprint density at radius 3 is 1.68 bits per heavy atom. The molecule has 12 amide bonds. The fourth-order valence-electron chi connectivity index (χ4n) is 11.9. The summed E-state index contributed by atoms with van der Waals surface area (Å²) in [5.74, 6) is -15.4. The van der Waals surface area contributed by atoms with Crippen LogP contribution in [0.3, 0.4) is 0 Å². The van der Waals surface area contributed by atoms with Crippen molar-refractivity contribution in [1.29, 1.82) is 0 Å². The molecule has 3 heterocycles. The van der Waals surface area contributed by atoms with Crippen LogP contribution in [0, 0.1) is 0 Å². The average molecular weight is 1570 g/mol. The number of hydrogen-bond acceptors (Lipinski definition) is 22. The number of amides is 12. The summed E-state index contributed by atoms with van der Waals surface area (Å²) in [7, 11) is 1.61. The number of hydrogen-bond donors (Lipinski definition) is 21. The second kappa shape index (κ2) is 43.3. The molecule has 0 radical (unpaired) electrons. The summed E-state index contributed by atoms with van der Waals surface area (Å²) < 4.78 is 0. The molecule has 110 heavy (non-hydrogen) atoms. The van der Waals surface area contributed by atoms with Crippen molar-refractivity contribution >= 4 is 109 Å². The van der Waals surface area contributed by atoms with E-state index in [1.165, 1.54) is 24.3 Å². The number of phenols is 1. The van der Waals surface area contributed by atoms with Crippen molar-refractivity contribution < 1.29 is 87.9 Å². The standard InChI is InChI=1S/C74H100N16O18S2/c1-39(2)78-34-45-19-17-44(18-20-45)32-55-69(102)90-61(40(3)92)72(105)82-53-27-29-77-60(95)26-25-52(65(98)83-54(31-42-12-6-5-7-13-42)67(100)85-56(68(101)84-55)33-46-35-79-50-15-9-8-14-48(46)50)81-64(97)51(16-10-11-28-75)80-71(104)58(87-63(96)49(76)30-43-21-23-47(94)24-22-43)37-109-110-38-59(74(107)108)88-70(103)57(36-91)86-73(106)62(41(4)93)89-66(53)99/h5-9,12-15,17-24,35,39-41,49,51-59,61-62,78-79,91-94H,10-11,16,25-34,36-38,75-76H2,1-4H3,(H,77,95)(H,80,104)(H,81,97)(H,82,105)(H,83,98)(H,84,101)(H,85,100)(H,86,106)(H,87,96)(H,88,103)(H,89,99)(H,90,102)(H,107,108)/t40-,41-,49+,51+,52-,53-,54+,55+,56-,57+,58+,59+,61-,62+/m1/s1. The van der Waals surface area contributed by atoms with E-state index >= 15 is 24.0 Å². The largest absolute Gasteiger partial charge is 0.508 e. The quantitative estimate of drug-likeness (QED) is 0.0257. The van der Waals surface area contributed by atoms with Gasteiger partial charge >= 0.3 is 5.97 Å². The zero-order chi connectivity index (χ0) is 80.1. The number of nitrogens with one attached hydrogen (secondary N) is 14. The molecule has 14 atom stereocenters. The zero-order valence-corrected chi connectivity index (χ0v) is 63.0. The Morgan fingerprint density at radius 2 is 1.05 bits per heavy atom. The molecule has 2 aliphatic rings. The Labute approximate surface area is 643 Å². The van der Waals surface area contributed by atoms with Gasteiger partial charge in [0.05, 0.1) is 24.9 Å². The molecule has 7 rings (SSSR count). The predicted octanol–water partition coefficient (Wildman–Crippen LogP) is -3.04. The van der Waals surface area contributed by atoms with Crippen molar-refractivity contribution in [2.45, 2.75) is 189 Å². The number of aliphatic hydroxyl groups is 3. The Balaban J connectivity index is 1.36. The van der Waals surface area contributed by atoms with Gasteiger partial charge in [0.15, 0.2) is 0 Å². The molecule has 2 saturated heterocycles. The lowest BCUT2D eigenvalue weighted by atomic mass is 9.99. The number of aromatic nitrogens is 1. The maximum atomic E-state index is 15.4. The summed E-state index contributed by atoms with van der Waals surface area (Å²) in [5, 5.41) is 87.6. The molecule has 5 aromatic rings. The average Bonchev–Trinajstić information content (AvgIpc) is 1.27. The van der Waals surface area contributed by atoms with E-state index in [4.69, 9.17) is 11.5 Å². The van der Waals surface area contributed by atoms with E-state index in [-0.39, 0.29) is 62.6 Å². The highest BCUT2D eigenvalue weighted by molar-refractivity contribution is 8.76. The van der Waals surface area contributed by atoms with Crippen LogP contribution in [-0.2, 0) is 94.6 Å². The summed E-state index contributed by atoms with van der Waals surface area (Å²) >= 11 is 0. The number of fused-ring (bicyclic) bond motifs is 8. The van der Waals surface area contributed by atoms with Gasteiger partial charge in [0.1, 0.15) is 72.2 Å². The van der Waals surface area contributed by atoms with E-state index in [0.717, 1.165) is 41.0 Å². The third-order valence-corrected chi connectivity index (χ3v) is 20.6. The number of unbranched alkanes of at least 4 members (excludes halogenated alkanes) is 1. The molecule has 2 aliphatic heterocycles. The van der Waals surface area contributed by atoms with Gasteiger partial charge in [-0.1, -0.05) is 120 Å². The molecule has 0 saturated carbocycles. The van der Waals surface area contributed by atoms with Gasteiger partial charge in [0.2, 0.25) is 70.9 Å². The first-order valence-corrected chi connectivity index (χ1v) is 38.7. The molecule has 2 fully saturated rings. The van der Waals surface area contributed by atoms with Crippen LogP contribution in [0.2, 0.25) is 0 Å². The highest BCUT2D eigenvalue weighted by atomic mass is 33.1. The van der Waals surface area contributed by atoms with Crippen LogP contribution >= 0.6 is 21.6 Å². The lowest BCUT2D eigenvalue weighted by Crippen LogP contribution is -2.63. The highest BCUT2D eigenvalue weighted by Crippen LogP contribution is 2.25. The highest BCUT2D eigenvalue weighted by Gasteiger charge is 2.40. The van der Waals surface area contributed by atoms with E-state index in [1.54, 1.807) is 85.1 Å². The number of aliphatic carboxylic acids is 1. The first kappa shape index (κ1) is 87.0. The smallest absolute Gasteiger partial charge is 0.327 e.